The van der Waals surface area contributed by atoms with Gasteiger partial charge < -0.3 is 10.2 Å². The molecule has 4 N–H and O–H groups in total. The number of nitrogen functional groups attached to an aromatic ring is 1. The largest absolute Gasteiger partial charge is 0.349 e. The Hall–Kier alpha value is -2.00. The Morgan fingerprint density at radius 2 is 1.95 bits per heavy atom. The summed E-state index contributed by atoms with van der Waals surface area (Å²) in [6.07, 6.45) is 5.42. The van der Waals surface area contributed by atoms with Gasteiger partial charge in [-0.3, -0.25) is 10.4 Å². The van der Waals surface area contributed by atoms with Crippen LogP contribution < -0.4 is 21.5 Å². The van der Waals surface area contributed by atoms with Crippen LogP contribution in [0, 0.1) is 0 Å². The van der Waals surface area contributed by atoms with Crippen molar-refractivity contribution in [2.24, 2.45) is 5.84 Å². The molecular weight excluding hydrogens is 288 g/mol. The number of hydrogen-bond donors (Lipinski definition) is 3. The maximum absolute atomic E-state index is 5.45. The van der Waals surface area contributed by atoms with E-state index in [1.807, 2.05) is 6.20 Å². The number of hydrazine groups is 1. The third kappa shape index (κ3) is 3.56. The molecule has 0 unspecified atom stereocenters. The van der Waals surface area contributed by atoms with Gasteiger partial charge in [0.25, 0.3) is 0 Å². The van der Waals surface area contributed by atoms with Crippen molar-refractivity contribution >= 4 is 29.2 Å². The number of nitrogens with zero attached hydrogens (tertiary/aromatic N) is 5. The van der Waals surface area contributed by atoms with Crippen LogP contribution in [-0.2, 0) is 6.54 Å². The molecule has 9 heteroatoms. The first-order valence-electron chi connectivity index (χ1n) is 6.94. The lowest BCUT2D eigenvalue weighted by Gasteiger charge is -2.26. The zero-order valence-corrected chi connectivity index (χ0v) is 12.4. The molecule has 0 radical (unpaired) electrons. The van der Waals surface area contributed by atoms with Gasteiger partial charge in [-0.25, -0.2) is 5.84 Å². The first kappa shape index (κ1) is 14.0. The molecule has 0 atom stereocenters. The molecule has 1 aliphatic heterocycles. The van der Waals surface area contributed by atoms with E-state index in [1.54, 1.807) is 16.8 Å². The topological polar surface area (TPSA) is 105 Å². The number of hydrogen-bond acceptors (Lipinski definition) is 9. The Morgan fingerprint density at radius 1 is 1.14 bits per heavy atom. The molecule has 1 saturated heterocycles. The zero-order chi connectivity index (χ0) is 14.5. The number of thiazole rings is 1. The summed E-state index contributed by atoms with van der Waals surface area (Å²) in [7, 11) is 0. The molecule has 0 amide bonds. The van der Waals surface area contributed by atoms with Crippen LogP contribution in [0.25, 0.3) is 0 Å². The van der Waals surface area contributed by atoms with E-state index in [9.17, 15) is 0 Å². The highest BCUT2D eigenvalue weighted by molar-refractivity contribution is 7.09. The van der Waals surface area contributed by atoms with E-state index < -0.39 is 0 Å². The Kier molecular flexibility index (Phi) is 4.41. The Morgan fingerprint density at radius 3 is 2.67 bits per heavy atom. The van der Waals surface area contributed by atoms with Gasteiger partial charge in [0.05, 0.1) is 12.1 Å². The van der Waals surface area contributed by atoms with E-state index in [-0.39, 0.29) is 0 Å². The van der Waals surface area contributed by atoms with E-state index in [1.165, 1.54) is 19.3 Å². The van der Waals surface area contributed by atoms with Crippen molar-refractivity contribution in [1.82, 2.24) is 19.9 Å². The third-order valence-electron chi connectivity index (χ3n) is 3.30. The number of aromatic nitrogens is 4. The van der Waals surface area contributed by atoms with Gasteiger partial charge >= 0.3 is 0 Å². The number of piperidine rings is 1. The van der Waals surface area contributed by atoms with Crippen molar-refractivity contribution in [2.75, 3.05) is 28.7 Å². The number of nitrogens with two attached hydrogens (primary N) is 1. The van der Waals surface area contributed by atoms with Crippen molar-refractivity contribution in [1.29, 1.82) is 0 Å². The molecule has 112 valence electrons. The molecular formula is C12H18N8S. The second-order valence-corrected chi connectivity index (χ2v) is 5.77. The average Bonchev–Trinajstić information content (AvgIpc) is 3.07. The Balaban J connectivity index is 1.75. The molecule has 21 heavy (non-hydrogen) atoms. The highest BCUT2D eigenvalue weighted by Gasteiger charge is 2.16. The summed E-state index contributed by atoms with van der Waals surface area (Å²) in [6.45, 7) is 2.59. The van der Waals surface area contributed by atoms with E-state index in [4.69, 9.17) is 5.84 Å². The molecule has 1 aliphatic rings. The van der Waals surface area contributed by atoms with Gasteiger partial charge in [0.1, 0.15) is 0 Å². The molecule has 1 fully saturated rings. The average molecular weight is 306 g/mol. The lowest BCUT2D eigenvalue weighted by Crippen LogP contribution is -2.31. The minimum Gasteiger partial charge on any atom is -0.349 e. The van der Waals surface area contributed by atoms with Gasteiger partial charge in [-0.05, 0) is 19.3 Å². The predicted octanol–water partition coefficient (Wildman–Crippen LogP) is 1.22. The van der Waals surface area contributed by atoms with E-state index in [0.29, 0.717) is 24.4 Å². The number of anilines is 3. The van der Waals surface area contributed by atoms with Crippen LogP contribution in [0.1, 0.15) is 24.1 Å². The lowest BCUT2D eigenvalue weighted by molar-refractivity contribution is 0.568. The van der Waals surface area contributed by atoms with Gasteiger partial charge in [0, 0.05) is 24.2 Å². The minimum absolute atomic E-state index is 0.373. The fraction of sp³-hybridized carbons (Fsp3) is 0.500. The van der Waals surface area contributed by atoms with Crippen molar-refractivity contribution in [3.63, 3.8) is 0 Å². The van der Waals surface area contributed by atoms with Crippen LogP contribution in [0.15, 0.2) is 11.7 Å². The summed E-state index contributed by atoms with van der Waals surface area (Å²) in [5.74, 6) is 7.01. The van der Waals surface area contributed by atoms with Gasteiger partial charge in [-0.2, -0.15) is 15.0 Å². The molecule has 0 spiro atoms. The quantitative estimate of drug-likeness (QED) is 0.559. The number of rotatable bonds is 5. The van der Waals surface area contributed by atoms with Crippen molar-refractivity contribution in [2.45, 2.75) is 25.8 Å². The molecule has 3 heterocycles. The molecule has 0 aliphatic carbocycles. The van der Waals surface area contributed by atoms with Crippen LogP contribution in [0.4, 0.5) is 17.8 Å². The fourth-order valence-electron chi connectivity index (χ4n) is 2.24. The van der Waals surface area contributed by atoms with Crippen molar-refractivity contribution in [3.05, 3.63) is 16.6 Å². The highest BCUT2D eigenvalue weighted by atomic mass is 32.1. The van der Waals surface area contributed by atoms with E-state index in [2.05, 4.69) is 35.6 Å². The molecule has 3 rings (SSSR count). The first-order valence-corrected chi connectivity index (χ1v) is 7.82. The number of nitrogens with one attached hydrogen (secondary N) is 2. The van der Waals surface area contributed by atoms with E-state index >= 15 is 0 Å². The summed E-state index contributed by atoms with van der Waals surface area (Å²) in [6, 6.07) is 0. The molecule has 0 saturated carbocycles. The zero-order valence-electron chi connectivity index (χ0n) is 11.6. The minimum atomic E-state index is 0.373. The smallest absolute Gasteiger partial charge is 0.243 e. The summed E-state index contributed by atoms with van der Waals surface area (Å²) >= 11 is 1.59. The van der Waals surface area contributed by atoms with Gasteiger partial charge in [-0.15, -0.1) is 11.3 Å². The Bertz CT molecular complexity index is 567. The van der Waals surface area contributed by atoms with Crippen LogP contribution in [0.5, 0.6) is 0 Å². The normalized spacial score (nSPS) is 15.0. The van der Waals surface area contributed by atoms with E-state index in [0.717, 1.165) is 18.0 Å². The molecule has 2 aromatic heterocycles. The van der Waals surface area contributed by atoms with Crippen molar-refractivity contribution < 1.29 is 0 Å². The first-order chi connectivity index (χ1) is 10.3. The Labute approximate surface area is 126 Å². The van der Waals surface area contributed by atoms with Crippen LogP contribution in [-0.4, -0.2) is 33.0 Å². The van der Waals surface area contributed by atoms with Crippen LogP contribution in [0.2, 0.25) is 0 Å². The summed E-state index contributed by atoms with van der Waals surface area (Å²) in [4.78, 5) is 20.4. The standard InChI is InChI=1S/C12H18N8S/c13-19-11-16-10(15-7-9-6-14-8-21-9)17-12(18-11)20-4-2-1-3-5-20/h6,8H,1-5,7,13H2,(H2,15,16,17,18,19). The second-order valence-electron chi connectivity index (χ2n) is 4.80. The van der Waals surface area contributed by atoms with Crippen LogP contribution in [0.3, 0.4) is 0 Å². The second kappa shape index (κ2) is 6.64. The SMILES string of the molecule is NNc1nc(NCc2cncs2)nc(N2CCCCC2)n1. The lowest BCUT2D eigenvalue weighted by atomic mass is 10.1. The maximum Gasteiger partial charge on any atom is 0.243 e. The predicted molar refractivity (Wildman–Crippen MR) is 83.1 cm³/mol. The van der Waals surface area contributed by atoms with Gasteiger partial charge in [0.15, 0.2) is 0 Å². The summed E-state index contributed by atoms with van der Waals surface area (Å²) in [5, 5.41) is 3.19. The van der Waals surface area contributed by atoms with Gasteiger partial charge in [-0.1, -0.05) is 0 Å². The summed E-state index contributed by atoms with van der Waals surface area (Å²) in [5.41, 5.74) is 4.30. The fourth-order valence-corrected chi connectivity index (χ4v) is 2.77. The molecule has 0 aromatic carbocycles. The molecule has 2 aromatic rings. The molecule has 8 nitrogen and oxygen atoms in total. The summed E-state index contributed by atoms with van der Waals surface area (Å²) < 4.78 is 0. The highest BCUT2D eigenvalue weighted by Crippen LogP contribution is 2.18. The molecule has 0 bridgehead atoms. The third-order valence-corrected chi connectivity index (χ3v) is 4.08. The van der Waals surface area contributed by atoms with Crippen LogP contribution >= 0.6 is 11.3 Å². The van der Waals surface area contributed by atoms with Crippen molar-refractivity contribution in [3.8, 4) is 0 Å². The van der Waals surface area contributed by atoms with Gasteiger partial charge in [0.2, 0.25) is 17.8 Å². The monoisotopic (exact) mass is 306 g/mol. The maximum atomic E-state index is 5.45.